The first kappa shape index (κ1) is 32.6. The van der Waals surface area contributed by atoms with E-state index in [2.05, 4.69) is 18.7 Å². The lowest BCUT2D eigenvalue weighted by atomic mass is 9.88. The van der Waals surface area contributed by atoms with Crippen LogP contribution in [-0.2, 0) is 27.9 Å². The quantitative estimate of drug-likeness (QED) is 0.358. The number of carbonyl (C=O) groups excluding carboxylic acids is 3. The number of carbonyl (C=O) groups is 3. The van der Waals surface area contributed by atoms with Gasteiger partial charge in [0.2, 0.25) is 5.91 Å². The van der Waals surface area contributed by atoms with Gasteiger partial charge in [0.15, 0.2) is 0 Å². The van der Waals surface area contributed by atoms with Crippen molar-refractivity contribution in [2.75, 3.05) is 37.6 Å². The molecule has 0 unspecified atom stereocenters. The van der Waals surface area contributed by atoms with Gasteiger partial charge in [-0.2, -0.15) is 0 Å². The number of rotatable bonds is 6. The number of pyridine rings is 1. The van der Waals surface area contributed by atoms with Crippen molar-refractivity contribution in [2.45, 2.75) is 77.6 Å². The third-order valence-corrected chi connectivity index (χ3v) is 9.36. The van der Waals surface area contributed by atoms with E-state index < -0.39 is 11.7 Å². The molecule has 0 radical (unpaired) electrons. The van der Waals surface area contributed by atoms with E-state index in [4.69, 9.17) is 9.72 Å². The van der Waals surface area contributed by atoms with Crippen LogP contribution in [0.4, 0.5) is 14.9 Å². The Bertz CT molecular complexity index is 1680. The smallest absolute Gasteiger partial charge is 0.410 e. The molecule has 0 bridgehead atoms. The monoisotopic (exact) mass is 641 g/mol. The highest BCUT2D eigenvalue weighted by Gasteiger charge is 2.43. The van der Waals surface area contributed by atoms with Gasteiger partial charge in [0.25, 0.3) is 5.91 Å². The fourth-order valence-corrected chi connectivity index (χ4v) is 6.95. The number of fused-ring (bicyclic) bond motifs is 2. The van der Waals surface area contributed by atoms with Crippen molar-refractivity contribution in [1.82, 2.24) is 19.7 Å². The second kappa shape index (κ2) is 12.4. The maximum atomic E-state index is 14.2. The number of benzene rings is 2. The Morgan fingerprint density at radius 3 is 2.49 bits per heavy atom. The van der Waals surface area contributed by atoms with E-state index in [0.29, 0.717) is 44.7 Å². The molecule has 0 spiro atoms. The summed E-state index contributed by atoms with van der Waals surface area (Å²) in [6, 6.07) is 15.5. The largest absolute Gasteiger partial charge is 0.444 e. The van der Waals surface area contributed by atoms with Crippen molar-refractivity contribution in [3.05, 3.63) is 94.6 Å². The Balaban J connectivity index is 1.24. The Labute approximate surface area is 276 Å². The van der Waals surface area contributed by atoms with E-state index in [1.807, 2.05) is 74.0 Å². The molecule has 3 aliphatic rings. The maximum absolute atomic E-state index is 14.2. The first-order valence-corrected chi connectivity index (χ1v) is 16.3. The van der Waals surface area contributed by atoms with Gasteiger partial charge in [-0.15, -0.1) is 0 Å². The van der Waals surface area contributed by atoms with Gasteiger partial charge < -0.3 is 19.4 Å². The Hall–Kier alpha value is -4.31. The third kappa shape index (κ3) is 6.88. The van der Waals surface area contributed by atoms with Crippen molar-refractivity contribution < 1.29 is 23.5 Å². The average molecular weight is 642 g/mol. The molecule has 1 saturated heterocycles. The minimum Gasteiger partial charge on any atom is -0.444 e. The van der Waals surface area contributed by atoms with Gasteiger partial charge in [0.05, 0.1) is 12.2 Å². The van der Waals surface area contributed by atoms with Crippen molar-refractivity contribution >= 4 is 23.6 Å². The number of ether oxygens (including phenoxy) is 1. The molecule has 1 aromatic heterocycles. The maximum Gasteiger partial charge on any atom is 0.410 e. The van der Waals surface area contributed by atoms with Crippen LogP contribution in [0.1, 0.15) is 74.3 Å². The van der Waals surface area contributed by atoms with Crippen LogP contribution >= 0.6 is 0 Å². The first-order chi connectivity index (χ1) is 22.2. The number of halogens is 1. The van der Waals surface area contributed by atoms with Crippen LogP contribution in [0.5, 0.6) is 0 Å². The molecule has 4 heterocycles. The number of aromatic nitrogens is 1. The number of hydrogen-bond donors (Lipinski definition) is 0. The minimum atomic E-state index is -0.647. The Kier molecular flexibility index (Phi) is 8.59. The van der Waals surface area contributed by atoms with E-state index >= 15 is 0 Å². The molecule has 248 valence electrons. The van der Waals surface area contributed by atoms with Crippen LogP contribution in [0.2, 0.25) is 0 Å². The van der Waals surface area contributed by atoms with Crippen LogP contribution in [0.3, 0.4) is 0 Å². The van der Waals surface area contributed by atoms with Crippen molar-refractivity contribution in [3.63, 3.8) is 0 Å². The number of amides is 3. The summed E-state index contributed by atoms with van der Waals surface area (Å²) in [7, 11) is 0. The lowest BCUT2D eigenvalue weighted by Gasteiger charge is -2.46. The second-order valence-corrected chi connectivity index (χ2v) is 14.8. The molecule has 0 aliphatic carbocycles. The van der Waals surface area contributed by atoms with Gasteiger partial charge in [-0.05, 0) is 63.1 Å². The van der Waals surface area contributed by atoms with E-state index in [-0.39, 0.29) is 41.7 Å². The molecule has 9 nitrogen and oxygen atoms in total. The van der Waals surface area contributed by atoms with Crippen LogP contribution in [-0.4, -0.2) is 88.0 Å². The number of nitrogens with zero attached hydrogens (tertiary/aromatic N) is 5. The topological polar surface area (TPSA) is 86.3 Å². The number of piperazine rings is 1. The molecule has 0 N–H and O–H groups in total. The van der Waals surface area contributed by atoms with Gasteiger partial charge in [-0.25, -0.2) is 9.18 Å². The molecule has 3 amide bonds. The minimum absolute atomic E-state index is 0.0364. The summed E-state index contributed by atoms with van der Waals surface area (Å²) >= 11 is 0. The van der Waals surface area contributed by atoms with Gasteiger partial charge >= 0.3 is 6.09 Å². The van der Waals surface area contributed by atoms with Crippen molar-refractivity contribution in [1.29, 1.82) is 0 Å². The zero-order chi connectivity index (χ0) is 33.7. The van der Waals surface area contributed by atoms with Gasteiger partial charge in [-0.1, -0.05) is 44.2 Å². The van der Waals surface area contributed by atoms with E-state index in [9.17, 15) is 18.8 Å². The van der Waals surface area contributed by atoms with Crippen LogP contribution in [0.25, 0.3) is 0 Å². The van der Waals surface area contributed by atoms with E-state index in [1.54, 1.807) is 17.0 Å². The molecular formula is C37H44FN5O4. The molecule has 3 aliphatic heterocycles. The average Bonchev–Trinajstić information content (AvgIpc) is 3.46. The zero-order valence-electron chi connectivity index (χ0n) is 28.1. The molecule has 3 aromatic rings. The summed E-state index contributed by atoms with van der Waals surface area (Å²) in [5.74, 6) is -0.368. The van der Waals surface area contributed by atoms with Gasteiger partial charge in [0, 0.05) is 79.7 Å². The molecule has 0 saturated carbocycles. The molecule has 1 fully saturated rings. The van der Waals surface area contributed by atoms with E-state index in [1.165, 1.54) is 12.1 Å². The molecular weight excluding hydrogens is 597 g/mol. The number of anilines is 1. The summed E-state index contributed by atoms with van der Waals surface area (Å²) in [6.45, 7) is 14.0. The predicted octanol–water partition coefficient (Wildman–Crippen LogP) is 5.40. The summed E-state index contributed by atoms with van der Waals surface area (Å²) in [5, 5.41) is 0. The predicted molar refractivity (Wildman–Crippen MR) is 178 cm³/mol. The summed E-state index contributed by atoms with van der Waals surface area (Å²) < 4.78 is 19.2. The number of hydrogen-bond acceptors (Lipinski definition) is 6. The molecule has 6 rings (SSSR count). The third-order valence-electron chi connectivity index (χ3n) is 9.36. The second-order valence-electron chi connectivity index (χ2n) is 14.8. The van der Waals surface area contributed by atoms with Crippen LogP contribution in [0.15, 0.2) is 60.8 Å². The first-order valence-electron chi connectivity index (χ1n) is 16.3. The highest BCUT2D eigenvalue weighted by Crippen LogP contribution is 2.41. The highest BCUT2D eigenvalue weighted by molar-refractivity contribution is 5.99. The van der Waals surface area contributed by atoms with Crippen molar-refractivity contribution in [2.24, 2.45) is 0 Å². The molecule has 47 heavy (non-hydrogen) atoms. The highest BCUT2D eigenvalue weighted by atomic mass is 19.1. The Morgan fingerprint density at radius 2 is 1.79 bits per heavy atom. The zero-order valence-corrected chi connectivity index (χ0v) is 28.1. The fourth-order valence-electron chi connectivity index (χ4n) is 6.95. The standard InChI is InChI=1S/C37H44FN5O4/c1-24-18-40(29(21-42(24)35(46)47-36(2,3)4)20-41-19-26-9-7-8-10-30(26)34(41)45)22-33(44)43-23-37(5,6)31-17-39-28(16-32(31)43)15-25-11-13-27(38)14-12-25/h7-14,16-17,24,29H,15,18-23H2,1-6H3/t24-,29+/m1/s1. The summed E-state index contributed by atoms with van der Waals surface area (Å²) in [6.07, 6.45) is 1.99. The van der Waals surface area contributed by atoms with Crippen LogP contribution in [0, 0.1) is 5.82 Å². The lowest BCUT2D eigenvalue weighted by Crippen LogP contribution is -2.63. The van der Waals surface area contributed by atoms with Crippen LogP contribution < -0.4 is 4.90 Å². The van der Waals surface area contributed by atoms with Gasteiger partial charge in [0.1, 0.15) is 11.4 Å². The Morgan fingerprint density at radius 1 is 1.06 bits per heavy atom. The van der Waals surface area contributed by atoms with Crippen molar-refractivity contribution in [3.8, 4) is 0 Å². The lowest BCUT2D eigenvalue weighted by molar-refractivity contribution is -0.121. The van der Waals surface area contributed by atoms with E-state index in [0.717, 1.165) is 28.1 Å². The normalized spacial score (nSPS) is 20.7. The summed E-state index contributed by atoms with van der Waals surface area (Å²) in [4.78, 5) is 53.1. The summed E-state index contributed by atoms with van der Waals surface area (Å²) in [5.41, 5.74) is 4.33. The fraction of sp³-hybridized carbons (Fsp3) is 0.459. The SMILES string of the molecule is C[C@@H]1CN(CC(=O)N2CC(C)(C)c3cnc(Cc4ccc(F)cc4)cc32)[C@@H](CN2Cc3ccccc3C2=O)CN1C(=O)OC(C)(C)C. The molecule has 2 atom stereocenters. The van der Waals surface area contributed by atoms with Gasteiger partial charge in [-0.3, -0.25) is 19.5 Å². The molecule has 10 heteroatoms. The molecule has 2 aromatic carbocycles.